The number of benzene rings is 1. The summed E-state index contributed by atoms with van der Waals surface area (Å²) in [4.78, 5) is 33.2. The van der Waals surface area contributed by atoms with E-state index in [0.717, 1.165) is 16.9 Å². The van der Waals surface area contributed by atoms with Crippen molar-refractivity contribution >= 4 is 17.6 Å². The van der Waals surface area contributed by atoms with Gasteiger partial charge in [0.2, 0.25) is 0 Å². The Hall–Kier alpha value is -4.34. The molecule has 0 unspecified atom stereocenters. The van der Waals surface area contributed by atoms with Crippen molar-refractivity contribution in [3.8, 4) is 11.5 Å². The fraction of sp³-hybridized carbons (Fsp3) is 0.217. The van der Waals surface area contributed by atoms with Crippen LogP contribution in [0.2, 0.25) is 0 Å². The first-order valence-corrected chi connectivity index (χ1v) is 10.4. The van der Waals surface area contributed by atoms with Crippen LogP contribution in [-0.4, -0.2) is 41.3 Å². The van der Waals surface area contributed by atoms with E-state index in [1.165, 1.54) is 11.0 Å². The van der Waals surface area contributed by atoms with Crippen LogP contribution in [0, 0.1) is 0 Å². The lowest BCUT2D eigenvalue weighted by atomic mass is 9.92. The average Bonchev–Trinajstić information content (AvgIpc) is 3.49. The maximum atomic E-state index is 12.6. The number of nitrogens with zero attached hydrogens (tertiary/aromatic N) is 6. The molecule has 3 heterocycles. The molecule has 168 valence electrons. The Kier molecular flexibility index (Phi) is 5.99. The Labute approximate surface area is 190 Å². The Bertz CT molecular complexity index is 1240. The lowest BCUT2D eigenvalue weighted by Gasteiger charge is -2.13. The standard InChI is InChI=1S/C23H24N8O2/c1-23(2,3)18-12-20(31(29-18)19-6-4-5-11-25-19)28-22(33)21(32)26-13-16-7-9-17(10-8-16)30-15-24-14-27-30/h4-12,14-15H,13H2,1-3H3,(H,26,32)(H,28,33). The molecule has 0 fully saturated rings. The van der Waals surface area contributed by atoms with Crippen LogP contribution in [0.3, 0.4) is 0 Å². The predicted octanol–water partition coefficient (Wildman–Crippen LogP) is 2.40. The average molecular weight is 444 g/mol. The third kappa shape index (κ3) is 5.12. The molecular formula is C23H24N8O2. The van der Waals surface area contributed by atoms with E-state index in [4.69, 9.17) is 0 Å². The van der Waals surface area contributed by atoms with Crippen LogP contribution in [0.25, 0.3) is 11.5 Å². The minimum atomic E-state index is -0.785. The molecule has 0 saturated carbocycles. The fourth-order valence-corrected chi connectivity index (χ4v) is 3.03. The van der Waals surface area contributed by atoms with Gasteiger partial charge in [0.25, 0.3) is 0 Å². The van der Waals surface area contributed by atoms with Gasteiger partial charge in [0.05, 0.1) is 11.4 Å². The van der Waals surface area contributed by atoms with E-state index in [1.54, 1.807) is 35.4 Å². The van der Waals surface area contributed by atoms with Gasteiger partial charge in [0, 0.05) is 24.2 Å². The van der Waals surface area contributed by atoms with Crippen molar-refractivity contribution in [2.75, 3.05) is 5.32 Å². The summed E-state index contributed by atoms with van der Waals surface area (Å²) >= 11 is 0. The van der Waals surface area contributed by atoms with E-state index in [2.05, 4.69) is 30.8 Å². The van der Waals surface area contributed by atoms with Gasteiger partial charge in [-0.2, -0.15) is 14.9 Å². The Morgan fingerprint density at radius 2 is 1.82 bits per heavy atom. The molecule has 0 bridgehead atoms. The van der Waals surface area contributed by atoms with Crippen molar-refractivity contribution in [3.05, 3.63) is 78.6 Å². The summed E-state index contributed by atoms with van der Waals surface area (Å²) in [5.41, 5.74) is 2.20. The van der Waals surface area contributed by atoms with Gasteiger partial charge in [0.15, 0.2) is 5.82 Å². The molecule has 0 atom stereocenters. The fourth-order valence-electron chi connectivity index (χ4n) is 3.03. The highest BCUT2D eigenvalue weighted by Gasteiger charge is 2.23. The molecule has 0 aliphatic rings. The van der Waals surface area contributed by atoms with Gasteiger partial charge < -0.3 is 10.6 Å². The number of hydrogen-bond donors (Lipinski definition) is 2. The molecule has 2 N–H and O–H groups in total. The molecule has 4 aromatic rings. The molecule has 3 aromatic heterocycles. The molecule has 1 aromatic carbocycles. The molecule has 0 aliphatic carbocycles. The first-order valence-electron chi connectivity index (χ1n) is 10.4. The van der Waals surface area contributed by atoms with Gasteiger partial charge in [-0.3, -0.25) is 9.59 Å². The molecule has 2 amide bonds. The summed E-state index contributed by atoms with van der Waals surface area (Å²) in [6.07, 6.45) is 4.69. The molecule has 4 rings (SSSR count). The second kappa shape index (κ2) is 9.03. The van der Waals surface area contributed by atoms with Crippen molar-refractivity contribution in [2.24, 2.45) is 0 Å². The maximum Gasteiger partial charge on any atom is 0.314 e. The molecule has 10 nitrogen and oxygen atoms in total. The highest BCUT2D eigenvalue weighted by molar-refractivity contribution is 6.39. The van der Waals surface area contributed by atoms with E-state index in [0.29, 0.717) is 11.6 Å². The zero-order valence-electron chi connectivity index (χ0n) is 18.6. The second-order valence-electron chi connectivity index (χ2n) is 8.41. The van der Waals surface area contributed by atoms with Crippen LogP contribution in [-0.2, 0) is 21.5 Å². The number of carbonyl (C=O) groups is 2. The Balaban J connectivity index is 1.43. The van der Waals surface area contributed by atoms with Crippen molar-refractivity contribution in [1.82, 2.24) is 34.8 Å². The van der Waals surface area contributed by atoms with Crippen LogP contribution >= 0.6 is 0 Å². The molecule has 33 heavy (non-hydrogen) atoms. The number of pyridine rings is 1. The number of aromatic nitrogens is 6. The van der Waals surface area contributed by atoms with E-state index in [-0.39, 0.29) is 12.0 Å². The maximum absolute atomic E-state index is 12.6. The lowest BCUT2D eigenvalue weighted by molar-refractivity contribution is -0.136. The quantitative estimate of drug-likeness (QED) is 0.456. The monoisotopic (exact) mass is 444 g/mol. The number of carbonyl (C=O) groups excluding carboxylic acids is 2. The van der Waals surface area contributed by atoms with Gasteiger partial charge in [-0.15, -0.1) is 0 Å². The van der Waals surface area contributed by atoms with Gasteiger partial charge in [-0.1, -0.05) is 39.0 Å². The molecule has 0 saturated heterocycles. The van der Waals surface area contributed by atoms with E-state index < -0.39 is 11.8 Å². The highest BCUT2D eigenvalue weighted by atomic mass is 16.2. The number of hydrogen-bond acceptors (Lipinski definition) is 6. The van der Waals surface area contributed by atoms with Gasteiger partial charge in [-0.05, 0) is 29.8 Å². The van der Waals surface area contributed by atoms with Crippen molar-refractivity contribution in [3.63, 3.8) is 0 Å². The minimum absolute atomic E-state index is 0.205. The van der Waals surface area contributed by atoms with E-state index in [9.17, 15) is 9.59 Å². The van der Waals surface area contributed by atoms with Gasteiger partial charge in [0.1, 0.15) is 18.5 Å². The Morgan fingerprint density at radius 1 is 1.03 bits per heavy atom. The van der Waals surface area contributed by atoms with Crippen molar-refractivity contribution in [2.45, 2.75) is 32.7 Å². The summed E-state index contributed by atoms with van der Waals surface area (Å²) in [5, 5.41) is 13.9. The normalized spacial score (nSPS) is 11.2. The van der Waals surface area contributed by atoms with Crippen LogP contribution in [0.4, 0.5) is 5.82 Å². The lowest BCUT2D eigenvalue weighted by Crippen LogP contribution is -2.35. The summed E-state index contributed by atoms with van der Waals surface area (Å²) in [5.74, 6) is -0.625. The topological polar surface area (TPSA) is 120 Å². The SMILES string of the molecule is CC(C)(C)c1cc(NC(=O)C(=O)NCc2ccc(-n3cncn3)cc2)n(-c2ccccn2)n1. The second-order valence-corrected chi connectivity index (χ2v) is 8.41. The summed E-state index contributed by atoms with van der Waals surface area (Å²) in [6.45, 7) is 6.26. The summed E-state index contributed by atoms with van der Waals surface area (Å²) < 4.78 is 3.15. The van der Waals surface area contributed by atoms with Crippen LogP contribution in [0.15, 0.2) is 67.4 Å². The molecule has 0 aliphatic heterocycles. The van der Waals surface area contributed by atoms with Crippen LogP contribution in [0.5, 0.6) is 0 Å². The minimum Gasteiger partial charge on any atom is -0.344 e. The Morgan fingerprint density at radius 3 is 2.45 bits per heavy atom. The predicted molar refractivity (Wildman–Crippen MR) is 122 cm³/mol. The van der Waals surface area contributed by atoms with Gasteiger partial charge >= 0.3 is 11.8 Å². The number of amides is 2. The largest absolute Gasteiger partial charge is 0.344 e. The smallest absolute Gasteiger partial charge is 0.314 e. The van der Waals surface area contributed by atoms with Crippen LogP contribution < -0.4 is 10.6 Å². The number of rotatable bonds is 5. The first-order chi connectivity index (χ1) is 15.8. The molecular weight excluding hydrogens is 420 g/mol. The third-order valence-corrected chi connectivity index (χ3v) is 4.86. The molecule has 10 heteroatoms. The van der Waals surface area contributed by atoms with Crippen LogP contribution in [0.1, 0.15) is 32.0 Å². The number of anilines is 1. The number of nitrogens with one attached hydrogen (secondary N) is 2. The zero-order chi connectivity index (χ0) is 23.4. The van der Waals surface area contributed by atoms with E-state index in [1.807, 2.05) is 51.1 Å². The summed E-state index contributed by atoms with van der Waals surface area (Å²) in [6, 6.07) is 14.6. The zero-order valence-corrected chi connectivity index (χ0v) is 18.6. The molecule has 0 spiro atoms. The third-order valence-electron chi connectivity index (χ3n) is 4.86. The first kappa shape index (κ1) is 21.9. The van der Waals surface area contributed by atoms with E-state index >= 15 is 0 Å². The molecule has 0 radical (unpaired) electrons. The van der Waals surface area contributed by atoms with Crippen molar-refractivity contribution < 1.29 is 9.59 Å². The van der Waals surface area contributed by atoms with Gasteiger partial charge in [-0.25, -0.2) is 14.6 Å². The highest BCUT2D eigenvalue weighted by Crippen LogP contribution is 2.25. The van der Waals surface area contributed by atoms with Crippen molar-refractivity contribution in [1.29, 1.82) is 0 Å². The summed E-state index contributed by atoms with van der Waals surface area (Å²) in [7, 11) is 0.